The maximum absolute atomic E-state index is 11.2. The fraction of sp³-hybridized carbons (Fsp3) is 0. The molecule has 0 aliphatic rings. The van der Waals surface area contributed by atoms with Crippen molar-refractivity contribution in [2.45, 2.75) is 14.7 Å². The Bertz CT molecular complexity index is 931. The molecule has 0 amide bonds. The Kier molecular flexibility index (Phi) is 13.5. The minimum absolute atomic E-state index is 0. The predicted molar refractivity (Wildman–Crippen MR) is 67.9 cm³/mol. The first-order valence-electron chi connectivity index (χ1n) is 5.26. The van der Waals surface area contributed by atoms with Gasteiger partial charge in [0.15, 0.2) is 0 Å². The standard InChI is InChI=1S/C10H8O9S3.3Na/c11-18-19-20-7-1-2-9-6(3-7)4-8(21(12,13)14)5-10(9)22(15,16)17;;;/h1-5,11H,(H,12,13,14)(H,15,16,17);;;/q;3*+1/p-3. The average Bonchev–Trinajstić information content (AvgIpc) is 2.41. The number of rotatable bonds is 5. The Morgan fingerprint density at radius 1 is 0.880 bits per heavy atom. The van der Waals surface area contributed by atoms with E-state index in [1.807, 2.05) is 0 Å². The molecule has 0 radical (unpaired) electrons. The number of benzene rings is 2. The molecule has 9 nitrogen and oxygen atoms in total. The summed E-state index contributed by atoms with van der Waals surface area (Å²) in [5.74, 6) is 0. The van der Waals surface area contributed by atoms with Gasteiger partial charge in [-0.25, -0.2) is 16.8 Å². The van der Waals surface area contributed by atoms with Crippen molar-refractivity contribution < 1.29 is 129 Å². The largest absolute Gasteiger partial charge is 1.00 e. The third-order valence-electron chi connectivity index (χ3n) is 2.58. The molecule has 0 N–H and O–H groups in total. The Morgan fingerprint density at radius 2 is 1.48 bits per heavy atom. The molecule has 2 aromatic carbocycles. The summed E-state index contributed by atoms with van der Waals surface area (Å²) in [4.78, 5) is -1.45. The van der Waals surface area contributed by atoms with Gasteiger partial charge in [0, 0.05) is 4.90 Å². The van der Waals surface area contributed by atoms with E-state index >= 15 is 0 Å². The SMILES string of the molecule is O=S(=O)([O-])c1cc(S(=O)(=O)[O-])c2ccc(SOO[O-])cc2c1.[Na+].[Na+].[Na+]. The molecular formula is C10H5Na3O9S3. The van der Waals surface area contributed by atoms with E-state index in [-0.39, 0.29) is 104 Å². The zero-order chi connectivity index (χ0) is 16.5. The molecule has 0 unspecified atom stereocenters. The van der Waals surface area contributed by atoms with Crippen molar-refractivity contribution in [1.29, 1.82) is 0 Å². The first kappa shape index (κ1) is 29.0. The average molecular weight is 434 g/mol. The number of fused-ring (bicyclic) bond motifs is 1. The quantitative estimate of drug-likeness (QED) is 0.146. The minimum Gasteiger partial charge on any atom is -0.744 e. The van der Waals surface area contributed by atoms with Gasteiger partial charge in [-0.3, -0.25) is 5.04 Å². The number of hydrogen-bond acceptors (Lipinski definition) is 10. The van der Waals surface area contributed by atoms with Crippen molar-refractivity contribution in [2.24, 2.45) is 0 Å². The van der Waals surface area contributed by atoms with E-state index in [4.69, 9.17) is 0 Å². The Labute approximate surface area is 214 Å². The van der Waals surface area contributed by atoms with Crippen molar-refractivity contribution in [2.75, 3.05) is 0 Å². The Balaban J connectivity index is 0. The van der Waals surface area contributed by atoms with Gasteiger partial charge in [-0.2, -0.15) is 4.33 Å². The summed E-state index contributed by atoms with van der Waals surface area (Å²) < 4.78 is 71.0. The van der Waals surface area contributed by atoms with Crippen molar-refractivity contribution in [3.05, 3.63) is 30.3 Å². The van der Waals surface area contributed by atoms with E-state index in [0.717, 1.165) is 6.07 Å². The van der Waals surface area contributed by atoms with Crippen LogP contribution < -0.4 is 93.9 Å². The topological polar surface area (TPSA) is 156 Å². The monoisotopic (exact) mass is 434 g/mol. The number of hydrogen-bond donors (Lipinski definition) is 0. The van der Waals surface area contributed by atoms with E-state index in [1.165, 1.54) is 18.2 Å². The summed E-state index contributed by atoms with van der Waals surface area (Å²) in [7, 11) is -9.98. The second-order valence-corrected chi connectivity index (χ2v) is 7.43. The molecule has 0 aliphatic heterocycles. The van der Waals surface area contributed by atoms with Gasteiger partial charge in [-0.1, -0.05) is 6.07 Å². The van der Waals surface area contributed by atoms with Crippen LogP contribution in [0.25, 0.3) is 10.8 Å². The van der Waals surface area contributed by atoms with Gasteiger partial charge >= 0.3 is 88.7 Å². The molecule has 25 heavy (non-hydrogen) atoms. The van der Waals surface area contributed by atoms with Crippen LogP contribution in [0.1, 0.15) is 0 Å². The van der Waals surface area contributed by atoms with Crippen molar-refractivity contribution in [3.63, 3.8) is 0 Å². The molecule has 15 heteroatoms. The summed E-state index contributed by atoms with van der Waals surface area (Å²) in [6, 6.07) is 5.16. The Hall–Kier alpha value is 1.75. The molecule has 0 atom stereocenters. The molecule has 0 spiro atoms. The second-order valence-electron chi connectivity index (χ2n) is 3.93. The van der Waals surface area contributed by atoms with Crippen LogP contribution in [0.4, 0.5) is 0 Å². The third-order valence-corrected chi connectivity index (χ3v) is 4.84. The third kappa shape index (κ3) is 7.95. The molecule has 0 aromatic heterocycles. The molecule has 0 saturated heterocycles. The predicted octanol–water partition coefficient (Wildman–Crippen LogP) is -9.11. The van der Waals surface area contributed by atoms with Crippen molar-refractivity contribution >= 4 is 43.1 Å². The summed E-state index contributed by atoms with van der Waals surface area (Å²) in [6.45, 7) is 0. The normalized spacial score (nSPS) is 11.2. The van der Waals surface area contributed by atoms with Crippen LogP contribution >= 0.6 is 12.0 Å². The van der Waals surface area contributed by atoms with Crippen LogP contribution in [0.3, 0.4) is 0 Å². The second kappa shape index (κ2) is 11.7. The van der Waals surface area contributed by atoms with Crippen LogP contribution in [0.5, 0.6) is 0 Å². The van der Waals surface area contributed by atoms with E-state index in [1.54, 1.807) is 0 Å². The van der Waals surface area contributed by atoms with Crippen LogP contribution in [-0.2, 0) is 29.6 Å². The molecule has 2 rings (SSSR count). The van der Waals surface area contributed by atoms with E-state index in [0.29, 0.717) is 18.1 Å². The van der Waals surface area contributed by atoms with Crippen molar-refractivity contribution in [1.82, 2.24) is 0 Å². The molecule has 120 valence electrons. The van der Waals surface area contributed by atoms with Gasteiger partial charge in [0.2, 0.25) is 0 Å². The maximum Gasteiger partial charge on any atom is 1.00 e. The molecule has 2 aromatic rings. The summed E-state index contributed by atoms with van der Waals surface area (Å²) in [5, 5.41) is 12.8. The van der Waals surface area contributed by atoms with Crippen LogP contribution in [0, 0.1) is 0 Å². The maximum atomic E-state index is 11.2. The molecular weight excluding hydrogens is 429 g/mol. The fourth-order valence-electron chi connectivity index (χ4n) is 1.74. The van der Waals surface area contributed by atoms with Gasteiger partial charge in [0.1, 0.15) is 20.2 Å². The van der Waals surface area contributed by atoms with Gasteiger partial charge in [0.25, 0.3) is 0 Å². The van der Waals surface area contributed by atoms with Crippen LogP contribution in [-0.4, -0.2) is 25.9 Å². The van der Waals surface area contributed by atoms with Crippen molar-refractivity contribution in [3.8, 4) is 0 Å². The van der Waals surface area contributed by atoms with Gasteiger partial charge in [0.05, 0.1) is 21.8 Å². The zero-order valence-electron chi connectivity index (χ0n) is 13.3. The molecule has 0 bridgehead atoms. The molecule has 0 aliphatic carbocycles. The van der Waals surface area contributed by atoms with Gasteiger partial charge in [-0.15, -0.1) is 0 Å². The van der Waals surface area contributed by atoms with Gasteiger partial charge in [-0.05, 0) is 35.0 Å². The molecule has 0 saturated carbocycles. The minimum atomic E-state index is -5.01. The summed E-state index contributed by atoms with van der Waals surface area (Å²) >= 11 is 0.472. The van der Waals surface area contributed by atoms with E-state index in [2.05, 4.69) is 9.37 Å². The smallest absolute Gasteiger partial charge is 0.744 e. The summed E-state index contributed by atoms with van der Waals surface area (Å²) in [5.41, 5.74) is 0. The molecule has 0 heterocycles. The first-order chi connectivity index (χ1) is 10.1. The molecule has 0 fully saturated rings. The summed E-state index contributed by atoms with van der Waals surface area (Å²) in [6.07, 6.45) is 0. The van der Waals surface area contributed by atoms with Crippen LogP contribution in [0.2, 0.25) is 0 Å². The van der Waals surface area contributed by atoms with Crippen LogP contribution in [0.15, 0.2) is 45.0 Å². The van der Waals surface area contributed by atoms with E-state index in [9.17, 15) is 31.2 Å². The fourth-order valence-corrected chi connectivity index (χ4v) is 3.48. The first-order valence-corrected chi connectivity index (χ1v) is 8.81. The Morgan fingerprint density at radius 3 is 1.96 bits per heavy atom. The zero-order valence-corrected chi connectivity index (χ0v) is 21.7. The van der Waals surface area contributed by atoms with E-state index < -0.39 is 30.0 Å². The van der Waals surface area contributed by atoms with Gasteiger partial charge < -0.3 is 14.4 Å².